The van der Waals surface area contributed by atoms with Gasteiger partial charge in [-0.3, -0.25) is 14.3 Å². The van der Waals surface area contributed by atoms with E-state index in [2.05, 4.69) is 25.5 Å². The molecule has 1 aliphatic rings. The Hall–Kier alpha value is -4.53. The smallest absolute Gasteiger partial charge is 0.425 e. The summed E-state index contributed by atoms with van der Waals surface area (Å²) in [7, 11) is 0. The third kappa shape index (κ3) is 6.93. The summed E-state index contributed by atoms with van der Waals surface area (Å²) in [5.74, 6) is -3.14. The summed E-state index contributed by atoms with van der Waals surface area (Å²) in [5.41, 5.74) is 0.360. The Morgan fingerprint density at radius 1 is 1.02 bits per heavy atom. The minimum Gasteiger partial charge on any atom is -0.425 e. The number of rotatable bonds is 8. The first-order valence-corrected chi connectivity index (χ1v) is 14.6. The van der Waals surface area contributed by atoms with Gasteiger partial charge >= 0.3 is 12.1 Å². The lowest BCUT2D eigenvalue weighted by Crippen LogP contribution is -2.26. The molecule has 4 aromatic rings. The van der Waals surface area contributed by atoms with E-state index in [9.17, 15) is 23.2 Å². The highest BCUT2D eigenvalue weighted by molar-refractivity contribution is 7.13. The van der Waals surface area contributed by atoms with E-state index in [-0.39, 0.29) is 34.7 Å². The molecule has 0 aliphatic heterocycles. The number of amides is 1. The predicted octanol–water partition coefficient (Wildman–Crippen LogP) is 5.83. The number of nitrogens with zero attached hydrogens (tertiary/aromatic N) is 6. The van der Waals surface area contributed by atoms with Crippen LogP contribution in [0.4, 0.5) is 19.3 Å². The quantitative estimate of drug-likeness (QED) is 0.147. The van der Waals surface area contributed by atoms with Gasteiger partial charge in [-0.05, 0) is 25.0 Å². The van der Waals surface area contributed by atoms with Crippen molar-refractivity contribution in [1.82, 2.24) is 29.5 Å². The first kappa shape index (κ1) is 29.9. The molecule has 226 valence electrons. The minimum atomic E-state index is -1.12. The Kier molecular flexibility index (Phi) is 8.89. The van der Waals surface area contributed by atoms with Gasteiger partial charge in [-0.25, -0.2) is 19.2 Å². The van der Waals surface area contributed by atoms with Crippen LogP contribution >= 0.6 is 11.3 Å². The van der Waals surface area contributed by atoms with Crippen molar-refractivity contribution < 1.29 is 32.6 Å². The number of esters is 1. The Labute approximate surface area is 249 Å². The number of hydrogen-bond acceptors (Lipinski definition) is 10. The number of ether oxygens (including phenoxy) is 2. The third-order valence-corrected chi connectivity index (χ3v) is 7.63. The van der Waals surface area contributed by atoms with Crippen molar-refractivity contribution in [1.29, 1.82) is 0 Å². The van der Waals surface area contributed by atoms with Gasteiger partial charge in [-0.15, -0.1) is 11.3 Å². The average molecular weight is 614 g/mol. The Morgan fingerprint density at radius 3 is 2.53 bits per heavy atom. The van der Waals surface area contributed by atoms with Gasteiger partial charge in [-0.1, -0.05) is 33.1 Å². The SMILES string of the molecule is CC(OC(=O)C(C)C)OC(=O)n1cc(-c2nc(C(=O)Nc3cn(C4CCCCC4)nc3-c3nc(F)ccc3F)cs2)cn1. The second-order valence-corrected chi connectivity index (χ2v) is 11.2. The summed E-state index contributed by atoms with van der Waals surface area (Å²) < 4.78 is 41.4. The Balaban J connectivity index is 1.32. The molecule has 43 heavy (non-hydrogen) atoms. The average Bonchev–Trinajstić information content (AvgIpc) is 3.74. The molecule has 1 atom stereocenters. The molecule has 1 fully saturated rings. The molecule has 0 aromatic carbocycles. The molecule has 1 saturated carbocycles. The number of halogens is 2. The van der Waals surface area contributed by atoms with Gasteiger partial charge in [0.05, 0.1) is 23.8 Å². The summed E-state index contributed by atoms with van der Waals surface area (Å²) in [6.07, 6.45) is 7.29. The Morgan fingerprint density at radius 2 is 1.79 bits per heavy atom. The van der Waals surface area contributed by atoms with Crippen molar-refractivity contribution in [2.24, 2.45) is 5.92 Å². The number of pyridine rings is 1. The molecule has 0 bridgehead atoms. The van der Waals surface area contributed by atoms with Gasteiger partial charge in [0.15, 0.2) is 5.82 Å². The van der Waals surface area contributed by atoms with Crippen molar-refractivity contribution in [3.05, 3.63) is 53.6 Å². The molecule has 4 heterocycles. The number of nitrogens with one attached hydrogen (secondary N) is 1. The molecule has 0 spiro atoms. The highest BCUT2D eigenvalue weighted by Crippen LogP contribution is 2.34. The zero-order valence-electron chi connectivity index (χ0n) is 23.6. The molecule has 5 rings (SSSR count). The molecular weight excluding hydrogens is 584 g/mol. The summed E-state index contributed by atoms with van der Waals surface area (Å²) in [4.78, 5) is 45.4. The number of aromatic nitrogens is 6. The van der Waals surface area contributed by atoms with Crippen molar-refractivity contribution >= 4 is 35.0 Å². The van der Waals surface area contributed by atoms with Gasteiger partial charge < -0.3 is 14.8 Å². The van der Waals surface area contributed by atoms with E-state index in [4.69, 9.17) is 9.47 Å². The molecule has 1 amide bonds. The van der Waals surface area contributed by atoms with E-state index < -0.39 is 36.0 Å². The van der Waals surface area contributed by atoms with Crippen LogP contribution in [0.2, 0.25) is 0 Å². The summed E-state index contributed by atoms with van der Waals surface area (Å²) in [6.45, 7) is 4.73. The predicted molar refractivity (Wildman–Crippen MR) is 151 cm³/mol. The molecule has 12 nitrogen and oxygen atoms in total. The molecule has 0 radical (unpaired) electrons. The standard InChI is InChI=1S/C28H29F2N7O5S/c1-15(2)27(39)41-16(3)42-28(40)37-12-17(11-31-37)26-33-21(14-43-26)25(38)32-20-13-36(18-7-5-4-6-8-18)35-24(20)23-19(29)9-10-22(30)34-23/h9-16,18H,4-8H2,1-3H3,(H,32,38). The van der Waals surface area contributed by atoms with Crippen molar-refractivity contribution in [2.45, 2.75) is 65.2 Å². The lowest BCUT2D eigenvalue weighted by atomic mass is 9.96. The normalized spacial score (nSPS) is 14.5. The Bertz CT molecular complexity index is 1640. The van der Waals surface area contributed by atoms with E-state index in [0.29, 0.717) is 10.6 Å². The van der Waals surface area contributed by atoms with E-state index in [1.165, 1.54) is 24.7 Å². The molecule has 1 aliphatic carbocycles. The second-order valence-electron chi connectivity index (χ2n) is 10.3. The largest absolute Gasteiger partial charge is 0.437 e. The number of thiazole rings is 1. The van der Waals surface area contributed by atoms with Crippen LogP contribution in [0, 0.1) is 17.7 Å². The first-order chi connectivity index (χ1) is 20.6. The van der Waals surface area contributed by atoms with E-state index in [1.807, 2.05) is 0 Å². The molecule has 0 saturated heterocycles. The zero-order valence-corrected chi connectivity index (χ0v) is 24.4. The molecule has 1 unspecified atom stereocenters. The van der Waals surface area contributed by atoms with Crippen LogP contribution in [0.15, 0.2) is 36.1 Å². The van der Waals surface area contributed by atoms with E-state index in [1.54, 1.807) is 24.7 Å². The van der Waals surface area contributed by atoms with Gasteiger partial charge in [0.1, 0.15) is 22.1 Å². The monoisotopic (exact) mass is 613 g/mol. The van der Waals surface area contributed by atoms with Gasteiger partial charge in [0, 0.05) is 30.3 Å². The molecule has 1 N–H and O–H groups in total. The number of carbonyl (C=O) groups is 3. The molecule has 15 heteroatoms. The highest BCUT2D eigenvalue weighted by Gasteiger charge is 2.25. The summed E-state index contributed by atoms with van der Waals surface area (Å²) in [5, 5.41) is 13.1. The highest BCUT2D eigenvalue weighted by atomic mass is 32.1. The van der Waals surface area contributed by atoms with E-state index in [0.717, 1.165) is 60.3 Å². The van der Waals surface area contributed by atoms with Crippen molar-refractivity contribution in [3.8, 4) is 22.0 Å². The topological polar surface area (TPSA) is 143 Å². The van der Waals surface area contributed by atoms with Gasteiger partial charge in [-0.2, -0.15) is 19.3 Å². The number of anilines is 1. The lowest BCUT2D eigenvalue weighted by molar-refractivity contribution is -0.168. The number of hydrogen-bond donors (Lipinski definition) is 1. The maximum absolute atomic E-state index is 14.7. The van der Waals surface area contributed by atoms with Gasteiger partial charge in [0.2, 0.25) is 12.2 Å². The second kappa shape index (κ2) is 12.8. The summed E-state index contributed by atoms with van der Waals surface area (Å²) >= 11 is 1.14. The third-order valence-electron chi connectivity index (χ3n) is 6.74. The van der Waals surface area contributed by atoms with Crippen LogP contribution < -0.4 is 5.32 Å². The lowest BCUT2D eigenvalue weighted by Gasteiger charge is -2.21. The van der Waals surface area contributed by atoms with Crippen LogP contribution in [0.25, 0.3) is 22.0 Å². The zero-order chi connectivity index (χ0) is 30.7. The van der Waals surface area contributed by atoms with Crippen LogP contribution in [-0.2, 0) is 14.3 Å². The number of carbonyl (C=O) groups excluding carboxylic acids is 3. The first-order valence-electron chi connectivity index (χ1n) is 13.7. The molecular formula is C28H29F2N7O5S. The molecule has 4 aromatic heterocycles. The van der Waals surface area contributed by atoms with Crippen LogP contribution in [0.1, 0.15) is 69.4 Å². The van der Waals surface area contributed by atoms with E-state index >= 15 is 0 Å². The maximum Gasteiger partial charge on any atom is 0.437 e. The van der Waals surface area contributed by atoms with Gasteiger partial charge in [0.25, 0.3) is 5.91 Å². The summed E-state index contributed by atoms with van der Waals surface area (Å²) in [6, 6.07) is 1.94. The van der Waals surface area contributed by atoms with Crippen LogP contribution in [0.3, 0.4) is 0 Å². The van der Waals surface area contributed by atoms with Crippen molar-refractivity contribution in [2.75, 3.05) is 5.32 Å². The fourth-order valence-electron chi connectivity index (χ4n) is 4.52. The fourth-order valence-corrected chi connectivity index (χ4v) is 5.30. The fraction of sp³-hybridized carbons (Fsp3) is 0.393. The van der Waals surface area contributed by atoms with Crippen LogP contribution in [-0.4, -0.2) is 53.8 Å². The van der Waals surface area contributed by atoms with Crippen molar-refractivity contribution in [3.63, 3.8) is 0 Å². The maximum atomic E-state index is 14.7. The minimum absolute atomic E-state index is 0.0134. The van der Waals surface area contributed by atoms with Crippen LogP contribution in [0.5, 0.6) is 0 Å².